The van der Waals surface area contributed by atoms with Gasteiger partial charge in [-0.1, -0.05) is 20.3 Å². The number of rotatable bonds is 8. The minimum absolute atomic E-state index is 0.863. The normalized spacial score (nSPS) is 19.3. The van der Waals surface area contributed by atoms with E-state index in [1.54, 1.807) is 0 Å². The van der Waals surface area contributed by atoms with Crippen LogP contribution in [0.4, 0.5) is 0 Å². The van der Waals surface area contributed by atoms with Gasteiger partial charge in [0.1, 0.15) is 0 Å². The molecule has 0 radical (unpaired) electrons. The van der Waals surface area contributed by atoms with Crippen molar-refractivity contribution in [2.75, 3.05) is 18.1 Å². The van der Waals surface area contributed by atoms with Gasteiger partial charge in [0, 0.05) is 6.04 Å². The summed E-state index contributed by atoms with van der Waals surface area (Å²) in [5.74, 6) is 3.49. The van der Waals surface area contributed by atoms with Gasteiger partial charge >= 0.3 is 0 Å². The second-order valence-corrected chi connectivity index (χ2v) is 5.87. The molecule has 0 amide bonds. The molecule has 0 aromatic rings. The molecule has 0 aromatic heterocycles. The second-order valence-electron chi connectivity index (χ2n) is 4.48. The van der Waals surface area contributed by atoms with E-state index in [4.69, 9.17) is 0 Å². The van der Waals surface area contributed by atoms with E-state index in [-0.39, 0.29) is 0 Å². The Balaban J connectivity index is 1.84. The fourth-order valence-corrected chi connectivity index (χ4v) is 2.42. The molecule has 1 unspecified atom stereocenters. The summed E-state index contributed by atoms with van der Waals surface area (Å²) < 4.78 is 0. The first-order valence-corrected chi connectivity index (χ1v) is 7.29. The summed E-state index contributed by atoms with van der Waals surface area (Å²) >= 11 is 2.07. The van der Waals surface area contributed by atoms with Crippen molar-refractivity contribution in [3.63, 3.8) is 0 Å². The van der Waals surface area contributed by atoms with Crippen molar-refractivity contribution in [1.82, 2.24) is 5.32 Å². The van der Waals surface area contributed by atoms with Gasteiger partial charge in [0.2, 0.25) is 0 Å². The third kappa shape index (κ3) is 5.26. The van der Waals surface area contributed by atoms with E-state index >= 15 is 0 Å². The molecule has 84 valence electrons. The van der Waals surface area contributed by atoms with Gasteiger partial charge in [0.05, 0.1) is 0 Å². The Morgan fingerprint density at radius 3 is 2.79 bits per heavy atom. The molecule has 14 heavy (non-hydrogen) atoms. The molecule has 0 spiro atoms. The van der Waals surface area contributed by atoms with Gasteiger partial charge in [-0.15, -0.1) is 0 Å². The summed E-state index contributed by atoms with van der Waals surface area (Å²) in [4.78, 5) is 0. The van der Waals surface area contributed by atoms with Crippen LogP contribution in [0.1, 0.15) is 46.0 Å². The quantitative estimate of drug-likeness (QED) is 0.624. The number of nitrogens with one attached hydrogen (secondary N) is 1. The molecule has 0 saturated heterocycles. The minimum Gasteiger partial charge on any atom is -0.314 e. The zero-order valence-electron chi connectivity index (χ0n) is 9.72. The highest BCUT2D eigenvalue weighted by molar-refractivity contribution is 7.99. The molecule has 1 N–H and O–H groups in total. The molecular formula is C12H25NS. The van der Waals surface area contributed by atoms with Crippen LogP contribution < -0.4 is 5.32 Å². The average Bonchev–Trinajstić information content (AvgIpc) is 2.10. The van der Waals surface area contributed by atoms with Crippen LogP contribution in [0.3, 0.4) is 0 Å². The molecule has 0 heterocycles. The highest BCUT2D eigenvalue weighted by Crippen LogP contribution is 2.18. The first-order chi connectivity index (χ1) is 6.83. The van der Waals surface area contributed by atoms with E-state index in [0.29, 0.717) is 0 Å². The SMILES string of the molecule is CCSCCCC(C)CNC1CCC1. The Morgan fingerprint density at radius 2 is 2.21 bits per heavy atom. The number of hydrogen-bond acceptors (Lipinski definition) is 2. The minimum atomic E-state index is 0.863. The van der Waals surface area contributed by atoms with Crippen LogP contribution >= 0.6 is 11.8 Å². The van der Waals surface area contributed by atoms with E-state index in [1.807, 2.05) is 0 Å². The van der Waals surface area contributed by atoms with Gasteiger partial charge in [0.25, 0.3) is 0 Å². The largest absolute Gasteiger partial charge is 0.314 e. The van der Waals surface area contributed by atoms with Gasteiger partial charge in [-0.25, -0.2) is 0 Å². The van der Waals surface area contributed by atoms with Crippen LogP contribution in [0.5, 0.6) is 0 Å². The smallest absolute Gasteiger partial charge is 0.00671 e. The van der Waals surface area contributed by atoms with Crippen LogP contribution in [0.2, 0.25) is 0 Å². The fraction of sp³-hybridized carbons (Fsp3) is 1.00. The van der Waals surface area contributed by atoms with Crippen LogP contribution in [-0.2, 0) is 0 Å². The Morgan fingerprint density at radius 1 is 1.43 bits per heavy atom. The predicted octanol–water partition coefficient (Wildman–Crippen LogP) is 3.30. The van der Waals surface area contributed by atoms with E-state index in [0.717, 1.165) is 12.0 Å². The third-order valence-electron chi connectivity index (χ3n) is 3.05. The molecule has 1 aliphatic carbocycles. The van der Waals surface area contributed by atoms with Gasteiger partial charge in [-0.2, -0.15) is 11.8 Å². The highest BCUT2D eigenvalue weighted by atomic mass is 32.2. The molecule has 0 aliphatic heterocycles. The van der Waals surface area contributed by atoms with Crippen molar-refractivity contribution in [2.24, 2.45) is 5.92 Å². The van der Waals surface area contributed by atoms with Crippen molar-refractivity contribution < 1.29 is 0 Å². The maximum Gasteiger partial charge on any atom is 0.00671 e. The fourth-order valence-electron chi connectivity index (χ4n) is 1.76. The van der Waals surface area contributed by atoms with E-state index in [9.17, 15) is 0 Å². The molecule has 0 bridgehead atoms. The summed E-state index contributed by atoms with van der Waals surface area (Å²) in [5, 5.41) is 3.65. The molecule has 1 atom stereocenters. The lowest BCUT2D eigenvalue weighted by molar-refractivity contribution is 0.316. The van der Waals surface area contributed by atoms with Crippen molar-refractivity contribution in [3.8, 4) is 0 Å². The van der Waals surface area contributed by atoms with Crippen molar-refractivity contribution in [1.29, 1.82) is 0 Å². The maximum atomic E-state index is 3.65. The van der Waals surface area contributed by atoms with E-state index in [2.05, 4.69) is 30.9 Å². The Labute approximate surface area is 93.4 Å². The summed E-state index contributed by atoms with van der Waals surface area (Å²) in [6, 6.07) is 0.863. The van der Waals surface area contributed by atoms with Gasteiger partial charge in [0.15, 0.2) is 0 Å². The molecule has 2 heteroatoms. The lowest BCUT2D eigenvalue weighted by Crippen LogP contribution is -2.37. The van der Waals surface area contributed by atoms with Crippen molar-refractivity contribution in [2.45, 2.75) is 52.0 Å². The first-order valence-electron chi connectivity index (χ1n) is 6.14. The Kier molecular flexibility index (Phi) is 6.70. The number of thioether (sulfide) groups is 1. The van der Waals surface area contributed by atoms with E-state index < -0.39 is 0 Å². The molecule has 1 saturated carbocycles. The Hall–Kier alpha value is 0.310. The van der Waals surface area contributed by atoms with Crippen molar-refractivity contribution in [3.05, 3.63) is 0 Å². The zero-order valence-corrected chi connectivity index (χ0v) is 10.5. The molecule has 1 nitrogen and oxygen atoms in total. The third-order valence-corrected chi connectivity index (χ3v) is 4.04. The lowest BCUT2D eigenvalue weighted by atomic mass is 9.92. The molecule has 1 fully saturated rings. The summed E-state index contributed by atoms with van der Waals surface area (Å²) in [7, 11) is 0. The molecule has 0 aromatic carbocycles. The maximum absolute atomic E-state index is 3.65. The lowest BCUT2D eigenvalue weighted by Gasteiger charge is -2.28. The van der Waals surface area contributed by atoms with Gasteiger partial charge in [-0.05, 0) is 49.7 Å². The first kappa shape index (κ1) is 12.4. The summed E-state index contributed by atoms with van der Waals surface area (Å²) in [6.07, 6.45) is 7.06. The summed E-state index contributed by atoms with van der Waals surface area (Å²) in [5.41, 5.74) is 0. The van der Waals surface area contributed by atoms with E-state index in [1.165, 1.54) is 50.2 Å². The molecular weight excluding hydrogens is 190 g/mol. The monoisotopic (exact) mass is 215 g/mol. The zero-order chi connectivity index (χ0) is 10.2. The Bertz CT molecular complexity index is 134. The topological polar surface area (TPSA) is 12.0 Å². The average molecular weight is 215 g/mol. The van der Waals surface area contributed by atoms with Gasteiger partial charge in [-0.3, -0.25) is 0 Å². The van der Waals surface area contributed by atoms with Crippen LogP contribution in [0, 0.1) is 5.92 Å². The van der Waals surface area contributed by atoms with Crippen LogP contribution in [-0.4, -0.2) is 24.1 Å². The molecule has 1 aliphatic rings. The van der Waals surface area contributed by atoms with Crippen molar-refractivity contribution >= 4 is 11.8 Å². The standard InChI is InChI=1S/C12H25NS/c1-3-14-9-5-6-11(2)10-13-12-7-4-8-12/h11-13H,3-10H2,1-2H3. The highest BCUT2D eigenvalue weighted by Gasteiger charge is 2.16. The predicted molar refractivity (Wildman–Crippen MR) is 67.0 cm³/mol. The van der Waals surface area contributed by atoms with Gasteiger partial charge < -0.3 is 5.32 Å². The summed E-state index contributed by atoms with van der Waals surface area (Å²) in [6.45, 7) is 5.86. The number of hydrogen-bond donors (Lipinski definition) is 1. The van der Waals surface area contributed by atoms with Crippen LogP contribution in [0.15, 0.2) is 0 Å². The van der Waals surface area contributed by atoms with Crippen LogP contribution in [0.25, 0.3) is 0 Å². The molecule has 1 rings (SSSR count). The second kappa shape index (κ2) is 7.58.